The summed E-state index contributed by atoms with van der Waals surface area (Å²) in [6, 6.07) is 9.25. The van der Waals surface area contributed by atoms with E-state index in [9.17, 15) is 14.7 Å². The molecule has 0 saturated heterocycles. The first-order valence-corrected chi connectivity index (χ1v) is 10.0. The molecule has 2 aromatic carbocycles. The molecule has 0 spiro atoms. The number of ether oxygens (including phenoxy) is 4. The first-order valence-electron chi connectivity index (χ1n) is 10.0. The maximum absolute atomic E-state index is 12.6. The monoisotopic (exact) mass is 426 g/mol. The SMILES string of the molecule is CCCCOC(=O)COc1cc(O)c2c(=O)cc(-c3ccc4c(c3)OCCO4)oc2c1. The summed E-state index contributed by atoms with van der Waals surface area (Å²) in [6.07, 6.45) is 1.69. The molecular formula is C23H22O8. The van der Waals surface area contributed by atoms with Crippen LogP contribution in [0.3, 0.4) is 0 Å². The van der Waals surface area contributed by atoms with Crippen LogP contribution in [0.15, 0.2) is 45.6 Å². The Labute approximate surface area is 177 Å². The van der Waals surface area contributed by atoms with Gasteiger partial charge >= 0.3 is 5.97 Å². The fourth-order valence-electron chi connectivity index (χ4n) is 3.18. The van der Waals surface area contributed by atoms with E-state index in [4.69, 9.17) is 23.4 Å². The highest BCUT2D eigenvalue weighted by Crippen LogP contribution is 2.36. The molecule has 0 amide bonds. The summed E-state index contributed by atoms with van der Waals surface area (Å²) < 4.78 is 27.4. The van der Waals surface area contributed by atoms with Crippen LogP contribution in [-0.2, 0) is 9.53 Å². The van der Waals surface area contributed by atoms with Crippen molar-refractivity contribution in [1.29, 1.82) is 0 Å². The first kappa shape index (κ1) is 20.6. The standard InChI is InChI=1S/C23H22O8/c1-2-3-6-29-22(26)13-30-15-10-16(24)23-17(25)12-19(31-21(23)11-15)14-4-5-18-20(9-14)28-8-7-27-18/h4-5,9-12,24H,2-3,6-8,13H2,1H3. The van der Waals surface area contributed by atoms with Crippen LogP contribution in [-0.4, -0.2) is 37.5 Å². The number of rotatable bonds is 7. The summed E-state index contributed by atoms with van der Waals surface area (Å²) >= 11 is 0. The Bertz CT molecular complexity index is 1160. The third kappa shape index (κ3) is 4.58. The normalized spacial score (nSPS) is 12.5. The molecule has 1 aromatic heterocycles. The van der Waals surface area contributed by atoms with Crippen LogP contribution in [0.5, 0.6) is 23.0 Å². The number of carbonyl (C=O) groups is 1. The number of benzene rings is 2. The van der Waals surface area contributed by atoms with Gasteiger partial charge in [0, 0.05) is 23.8 Å². The molecule has 0 atom stereocenters. The molecule has 162 valence electrons. The zero-order chi connectivity index (χ0) is 21.8. The van der Waals surface area contributed by atoms with Crippen molar-refractivity contribution in [2.45, 2.75) is 19.8 Å². The molecule has 8 heteroatoms. The van der Waals surface area contributed by atoms with Crippen LogP contribution in [0, 0.1) is 0 Å². The van der Waals surface area contributed by atoms with Crippen LogP contribution in [0.1, 0.15) is 19.8 Å². The minimum Gasteiger partial charge on any atom is -0.507 e. The fourth-order valence-corrected chi connectivity index (χ4v) is 3.18. The summed E-state index contributed by atoms with van der Waals surface area (Å²) in [5, 5.41) is 10.3. The van der Waals surface area contributed by atoms with Gasteiger partial charge in [-0.1, -0.05) is 13.3 Å². The summed E-state index contributed by atoms with van der Waals surface area (Å²) in [4.78, 5) is 24.4. The number of aromatic hydroxyl groups is 1. The Morgan fingerprint density at radius 1 is 1.10 bits per heavy atom. The number of fused-ring (bicyclic) bond motifs is 2. The maximum atomic E-state index is 12.6. The van der Waals surface area contributed by atoms with Gasteiger partial charge in [-0.25, -0.2) is 4.79 Å². The predicted octanol–water partition coefficient (Wildman–Crippen LogP) is 3.66. The molecule has 0 saturated carbocycles. The lowest BCUT2D eigenvalue weighted by atomic mass is 10.1. The van der Waals surface area contributed by atoms with E-state index in [1.807, 2.05) is 6.92 Å². The molecule has 1 aliphatic rings. The largest absolute Gasteiger partial charge is 0.507 e. The van der Waals surface area contributed by atoms with Crippen molar-refractivity contribution in [3.63, 3.8) is 0 Å². The molecule has 3 aromatic rings. The molecule has 0 bridgehead atoms. The lowest BCUT2D eigenvalue weighted by molar-refractivity contribution is -0.146. The summed E-state index contributed by atoms with van der Waals surface area (Å²) in [5.74, 6) is 0.851. The minimum atomic E-state index is -0.514. The lowest BCUT2D eigenvalue weighted by Crippen LogP contribution is -2.15. The lowest BCUT2D eigenvalue weighted by Gasteiger charge is -2.18. The summed E-state index contributed by atoms with van der Waals surface area (Å²) in [7, 11) is 0. The smallest absolute Gasteiger partial charge is 0.344 e. The van der Waals surface area contributed by atoms with Crippen molar-refractivity contribution in [2.24, 2.45) is 0 Å². The first-order chi connectivity index (χ1) is 15.0. The molecular weight excluding hydrogens is 404 g/mol. The van der Waals surface area contributed by atoms with Crippen LogP contribution >= 0.6 is 0 Å². The molecule has 8 nitrogen and oxygen atoms in total. The maximum Gasteiger partial charge on any atom is 0.344 e. The van der Waals surface area contributed by atoms with E-state index in [0.29, 0.717) is 42.6 Å². The second-order valence-electron chi connectivity index (χ2n) is 7.01. The van der Waals surface area contributed by atoms with Gasteiger partial charge in [0.25, 0.3) is 0 Å². The number of phenols is 1. The van der Waals surface area contributed by atoms with Crippen molar-refractivity contribution >= 4 is 16.9 Å². The molecule has 1 N–H and O–H groups in total. The van der Waals surface area contributed by atoms with Gasteiger partial charge in [-0.15, -0.1) is 0 Å². The Morgan fingerprint density at radius 2 is 1.90 bits per heavy atom. The number of phenolic OH excluding ortho intramolecular Hbond substituents is 1. The average molecular weight is 426 g/mol. The Kier molecular flexibility index (Phi) is 5.97. The number of hydrogen-bond donors (Lipinski definition) is 1. The molecule has 1 aliphatic heterocycles. The Morgan fingerprint density at radius 3 is 2.71 bits per heavy atom. The zero-order valence-electron chi connectivity index (χ0n) is 17.0. The van der Waals surface area contributed by atoms with Crippen LogP contribution in [0.4, 0.5) is 0 Å². The number of esters is 1. The summed E-state index contributed by atoms with van der Waals surface area (Å²) in [6.45, 7) is 2.92. The van der Waals surface area contributed by atoms with E-state index in [1.165, 1.54) is 18.2 Å². The Balaban J connectivity index is 1.61. The quantitative estimate of drug-likeness (QED) is 0.451. The van der Waals surface area contributed by atoms with Crippen molar-refractivity contribution in [3.05, 3.63) is 46.6 Å². The molecule has 0 aliphatic carbocycles. The van der Waals surface area contributed by atoms with E-state index < -0.39 is 11.4 Å². The van der Waals surface area contributed by atoms with Crippen molar-refractivity contribution in [2.75, 3.05) is 26.4 Å². The highest BCUT2D eigenvalue weighted by atomic mass is 16.6. The second kappa shape index (κ2) is 8.99. The molecule has 2 heterocycles. The van der Waals surface area contributed by atoms with Gasteiger partial charge in [-0.2, -0.15) is 0 Å². The third-order valence-electron chi connectivity index (χ3n) is 4.73. The van der Waals surface area contributed by atoms with Crippen molar-refractivity contribution < 1.29 is 33.3 Å². The van der Waals surface area contributed by atoms with E-state index in [1.54, 1.807) is 18.2 Å². The van der Waals surface area contributed by atoms with Crippen molar-refractivity contribution in [3.8, 4) is 34.3 Å². The Hall–Kier alpha value is -3.68. The molecule has 31 heavy (non-hydrogen) atoms. The molecule has 0 unspecified atom stereocenters. The molecule has 4 rings (SSSR count). The van der Waals surface area contributed by atoms with Crippen LogP contribution in [0.25, 0.3) is 22.3 Å². The van der Waals surface area contributed by atoms with Gasteiger partial charge in [0.05, 0.1) is 6.61 Å². The second-order valence-corrected chi connectivity index (χ2v) is 7.01. The summed E-state index contributed by atoms with van der Waals surface area (Å²) in [5.41, 5.74) is 0.342. The van der Waals surface area contributed by atoms with Gasteiger partial charge < -0.3 is 28.5 Å². The fraction of sp³-hybridized carbons (Fsp3) is 0.304. The van der Waals surface area contributed by atoms with E-state index in [0.717, 1.165) is 12.8 Å². The van der Waals surface area contributed by atoms with Gasteiger partial charge in [0.1, 0.15) is 41.4 Å². The minimum absolute atomic E-state index is 0.0270. The average Bonchev–Trinajstić information content (AvgIpc) is 2.77. The molecule has 0 radical (unpaired) electrons. The number of unbranched alkanes of at least 4 members (excludes halogenated alkanes) is 1. The number of carbonyl (C=O) groups excluding carboxylic acids is 1. The topological polar surface area (TPSA) is 104 Å². The van der Waals surface area contributed by atoms with E-state index >= 15 is 0 Å². The van der Waals surface area contributed by atoms with Crippen LogP contribution < -0.4 is 19.6 Å². The van der Waals surface area contributed by atoms with Gasteiger partial charge in [0.2, 0.25) is 0 Å². The highest BCUT2D eigenvalue weighted by Gasteiger charge is 2.17. The van der Waals surface area contributed by atoms with Gasteiger partial charge in [0.15, 0.2) is 23.5 Å². The zero-order valence-corrected chi connectivity index (χ0v) is 17.0. The predicted molar refractivity (Wildman–Crippen MR) is 112 cm³/mol. The van der Waals surface area contributed by atoms with Gasteiger partial charge in [-0.05, 0) is 24.6 Å². The third-order valence-corrected chi connectivity index (χ3v) is 4.73. The van der Waals surface area contributed by atoms with E-state index in [2.05, 4.69) is 0 Å². The number of hydrogen-bond acceptors (Lipinski definition) is 8. The molecule has 0 fully saturated rings. The van der Waals surface area contributed by atoms with Gasteiger partial charge in [-0.3, -0.25) is 4.79 Å². The van der Waals surface area contributed by atoms with E-state index in [-0.39, 0.29) is 29.1 Å². The van der Waals surface area contributed by atoms with Crippen molar-refractivity contribution in [1.82, 2.24) is 0 Å². The van der Waals surface area contributed by atoms with Crippen LogP contribution in [0.2, 0.25) is 0 Å². The highest BCUT2D eigenvalue weighted by molar-refractivity contribution is 5.86.